The van der Waals surface area contributed by atoms with Gasteiger partial charge in [-0.3, -0.25) is 53.0 Å². The van der Waals surface area contributed by atoms with E-state index in [0.717, 1.165) is 86.0 Å². The number of carbonyl (C=O) groups excluding carboxylic acids is 9. The fourth-order valence-corrected chi connectivity index (χ4v) is 15.2. The summed E-state index contributed by atoms with van der Waals surface area (Å²) in [6.07, 6.45) is -16.6. The molecule has 9 amide bonds. The van der Waals surface area contributed by atoms with Crippen LogP contribution in [0.3, 0.4) is 0 Å². The molecular formula is C80H86Cl3FN12O25. The summed E-state index contributed by atoms with van der Waals surface area (Å²) in [7, 11) is 2.50. The molecule has 18 atom stereocenters. The number of nitrogens with two attached hydrogens (primary N) is 1. The van der Waals surface area contributed by atoms with E-state index in [4.69, 9.17) is 73.8 Å². The third-order valence-electron chi connectivity index (χ3n) is 20.9. The molecule has 1 aromatic heterocycles. The maximum absolute atomic E-state index is 16.3. The molecule has 7 aliphatic rings. The van der Waals surface area contributed by atoms with Gasteiger partial charge in [-0.1, -0.05) is 66.8 Å². The Morgan fingerprint density at radius 3 is 2.00 bits per heavy atom. The maximum atomic E-state index is 16.3. The van der Waals surface area contributed by atoms with Gasteiger partial charge in [0.05, 0.1) is 65.3 Å². The van der Waals surface area contributed by atoms with E-state index < -0.39 is 254 Å². The van der Waals surface area contributed by atoms with Gasteiger partial charge in [0.25, 0.3) is 11.8 Å². The van der Waals surface area contributed by atoms with Gasteiger partial charge in [-0.05, 0) is 145 Å². The zero-order valence-electron chi connectivity index (χ0n) is 65.0. The van der Waals surface area contributed by atoms with Crippen LogP contribution in [0.4, 0.5) is 10.1 Å². The number of primary amides is 1. The molecule has 2 saturated heterocycles. The monoisotopic (exact) mass is 1740 g/mol. The third kappa shape index (κ3) is 19.7. The maximum Gasteiger partial charge on any atom is 0.270 e. The highest BCUT2D eigenvalue weighted by atomic mass is 35.5. The van der Waals surface area contributed by atoms with Crippen LogP contribution >= 0.6 is 34.8 Å². The van der Waals surface area contributed by atoms with Crippen LogP contribution in [0.15, 0.2) is 116 Å². The molecule has 41 heteroatoms. The molecule has 121 heavy (non-hydrogen) atoms. The number of nitrogens with one attached hydrogen (secondary N) is 10. The molecule has 0 radical (unpaired) electrons. The zero-order valence-corrected chi connectivity index (χ0v) is 67.3. The van der Waals surface area contributed by atoms with Gasteiger partial charge < -0.3 is 128 Å². The highest BCUT2D eigenvalue weighted by Gasteiger charge is 2.52. The van der Waals surface area contributed by atoms with Crippen molar-refractivity contribution in [3.05, 3.63) is 175 Å². The van der Waals surface area contributed by atoms with Crippen LogP contribution in [0, 0.1) is 11.7 Å². The first-order valence-corrected chi connectivity index (χ1v) is 38.8. The van der Waals surface area contributed by atoms with Crippen molar-refractivity contribution in [3.8, 4) is 57.1 Å². The number of aliphatic hydroxyl groups is 6. The van der Waals surface area contributed by atoms with E-state index in [-0.39, 0.29) is 64.0 Å². The Morgan fingerprint density at radius 1 is 0.711 bits per heavy atom. The van der Waals surface area contributed by atoms with Crippen molar-refractivity contribution in [2.45, 2.75) is 163 Å². The summed E-state index contributed by atoms with van der Waals surface area (Å²) in [5.41, 5.74) is 4.53. The summed E-state index contributed by atoms with van der Waals surface area (Å²) in [4.78, 5) is 142. The van der Waals surface area contributed by atoms with Crippen molar-refractivity contribution < 1.29 is 127 Å². The lowest BCUT2D eigenvalue weighted by Crippen LogP contribution is -2.65. The number of hydrogen-bond acceptors (Lipinski definition) is 28. The molecule has 644 valence electrons. The molecule has 11 bridgehead atoms. The summed E-state index contributed by atoms with van der Waals surface area (Å²) in [6, 6.07) is 4.57. The Balaban J connectivity index is 1.03. The van der Waals surface area contributed by atoms with Crippen LogP contribution in [0.5, 0.6) is 46.0 Å². The number of aliphatic hydroxyl groups excluding tert-OH is 6. The van der Waals surface area contributed by atoms with Gasteiger partial charge in [0.15, 0.2) is 23.9 Å². The minimum absolute atomic E-state index is 0.0428. The highest BCUT2D eigenvalue weighted by Crippen LogP contribution is 2.50. The quantitative estimate of drug-likeness (QED) is 0.0517. The smallest absolute Gasteiger partial charge is 0.270 e. The molecule has 8 heterocycles. The lowest BCUT2D eigenvalue weighted by molar-refractivity contribution is -0.334. The standard InChI is InChI=1S/C80H86Cl3FN12O25/c1-31(2)15-47(86-5)72(108)94-62-64(102)35-9-13-51(44(82)18-35)117-53-21-38-22-54(68(53)121-79-69(67(105)66(104)55(30-97)119-79)120-57-26-80(4,70(106)32(3)116-57)88-28-33-16-39(29-87-27-33)89-71(107)37-7-11-46(84)43(81)20-37)118-52-14-10-36(19-45(52)83)65(103)63-77(113)93-61(78(114)96-115-6)42-23-40(98)24-50(100)58(42)41-17-34(8-12-49(41)99)59(74(110)95-63)92-75(111)60(38)91-73(109)48(25-56(85)101)90-76(62)112/h7-14,16-24,27,29,31-32,47-48,55,57,59-67,69-70,79,86,88,97-100,102-106H,15,25-26,28,30H2,1-6H3,(H2,85,101)(H,89,107)(H,90,112)(H,91,109)(H,92,111)(H,93,113)(H,94,108)(H,95,110)(H,96,114). The number of anilines is 1. The normalized spacial score (nSPS) is 26.4. The first-order valence-electron chi connectivity index (χ1n) is 37.7. The number of nitrogens with zero attached hydrogens (tertiary/aromatic N) is 1. The van der Waals surface area contributed by atoms with Gasteiger partial charge in [-0.2, -0.15) is 0 Å². The first-order chi connectivity index (χ1) is 57.4. The number of carbonyl (C=O) groups is 9. The summed E-state index contributed by atoms with van der Waals surface area (Å²) in [6.45, 7) is 5.68. The molecule has 0 spiro atoms. The van der Waals surface area contributed by atoms with Crippen LogP contribution < -0.4 is 73.3 Å². The van der Waals surface area contributed by atoms with Crippen molar-refractivity contribution in [1.29, 1.82) is 0 Å². The number of amides is 9. The molecular weight excluding hydrogens is 1650 g/mol. The van der Waals surface area contributed by atoms with Crippen LogP contribution in [0.25, 0.3) is 11.1 Å². The van der Waals surface area contributed by atoms with Gasteiger partial charge in [-0.25, -0.2) is 9.87 Å². The van der Waals surface area contributed by atoms with Crippen molar-refractivity contribution in [3.63, 3.8) is 0 Å². The van der Waals surface area contributed by atoms with E-state index in [1.807, 2.05) is 13.8 Å². The first kappa shape index (κ1) is 89.1. The number of benzene rings is 6. The Kier molecular flexibility index (Phi) is 27.6. The number of phenolic OH excluding ortho intramolecular Hbond substituents is 3. The number of aromatic nitrogens is 1. The Morgan fingerprint density at radius 2 is 1.36 bits per heavy atom. The lowest BCUT2D eigenvalue weighted by Gasteiger charge is -2.48. The topological polar surface area (TPSA) is 560 Å². The number of halogens is 4. The van der Waals surface area contributed by atoms with E-state index >= 15 is 24.0 Å². The molecule has 21 N–H and O–H groups in total. The van der Waals surface area contributed by atoms with Crippen molar-refractivity contribution in [2.24, 2.45) is 11.7 Å². The van der Waals surface area contributed by atoms with E-state index in [9.17, 15) is 69.5 Å². The summed E-state index contributed by atoms with van der Waals surface area (Å²) in [5, 5.41) is 129. The van der Waals surface area contributed by atoms with E-state index in [0.29, 0.717) is 5.56 Å². The lowest BCUT2D eigenvalue weighted by atomic mass is 9.84. The number of aromatic hydroxyl groups is 3. The second kappa shape index (κ2) is 37.4. The molecule has 0 aliphatic carbocycles. The van der Waals surface area contributed by atoms with Crippen molar-refractivity contribution in [2.75, 3.05) is 26.1 Å². The Labute approximate surface area is 702 Å². The molecule has 14 rings (SSSR count). The van der Waals surface area contributed by atoms with E-state index in [1.54, 1.807) is 13.0 Å². The number of hydroxylamine groups is 1. The van der Waals surface area contributed by atoms with Gasteiger partial charge in [0.2, 0.25) is 53.4 Å². The van der Waals surface area contributed by atoms with Gasteiger partial charge in [0, 0.05) is 47.5 Å². The average molecular weight is 1740 g/mol. The van der Waals surface area contributed by atoms with Gasteiger partial charge >= 0.3 is 0 Å². The van der Waals surface area contributed by atoms with Crippen LogP contribution in [-0.2, 0) is 63.9 Å². The van der Waals surface area contributed by atoms with Gasteiger partial charge in [-0.15, -0.1) is 0 Å². The predicted octanol–water partition coefficient (Wildman–Crippen LogP) is 2.97. The van der Waals surface area contributed by atoms with Crippen molar-refractivity contribution >= 4 is 93.7 Å². The SMILES string of the molecule is CNC(CC(C)C)C(=O)NC1C(=O)NC(CC(N)=O)C(=O)NC2C(=O)NC3C(=O)NC(C(=O)NC(C(=O)NOC)c4cc(O)cc(O)c4-c4cc3ccc4O)C(O)c3ccc(c(Cl)c3)Oc3cc2cc(c3OC2OC(CO)C(O)C(O)C2OC2CC(C)(NCc3cncc(NC(=O)c4ccc(F)c(Cl)c4)c3)C(O)C(C)O2)Oc2ccc(cc2Cl)C1O. The summed E-state index contributed by atoms with van der Waals surface area (Å²) < 4.78 is 53.4. The van der Waals surface area contributed by atoms with Crippen LogP contribution in [0.1, 0.15) is 121 Å². The number of likely N-dealkylation sites (N-methyl/N-ethyl adjacent to an activating group) is 1. The highest BCUT2D eigenvalue weighted by molar-refractivity contribution is 6.32. The molecule has 7 aromatic rings. The van der Waals surface area contributed by atoms with E-state index in [1.165, 1.54) is 44.6 Å². The fourth-order valence-electron chi connectivity index (χ4n) is 14.6. The largest absolute Gasteiger partial charge is 0.508 e. The predicted molar refractivity (Wildman–Crippen MR) is 423 cm³/mol. The molecule has 37 nitrogen and oxygen atoms in total. The number of hydrogen-bond donors (Lipinski definition) is 20. The third-order valence-corrected chi connectivity index (χ3v) is 21.8. The minimum atomic E-state index is -2.39. The number of pyridine rings is 1. The molecule has 2 fully saturated rings. The summed E-state index contributed by atoms with van der Waals surface area (Å²) >= 11 is 20.3. The molecule has 7 aliphatic heterocycles. The molecule has 0 saturated carbocycles. The molecule has 18 unspecified atom stereocenters. The second-order valence-corrected chi connectivity index (χ2v) is 31.2. The minimum Gasteiger partial charge on any atom is -0.508 e. The number of phenols is 3. The average Bonchev–Trinajstić information content (AvgIpc) is 0.765. The second-order valence-electron chi connectivity index (χ2n) is 30.0. The zero-order chi connectivity index (χ0) is 87.5. The Hall–Kier alpha value is -11.2. The van der Waals surface area contributed by atoms with Crippen LogP contribution in [0.2, 0.25) is 15.1 Å². The fraction of sp³-hybridized carbons (Fsp3) is 0.375. The summed E-state index contributed by atoms with van der Waals surface area (Å²) in [5.74, 6) is -16.8. The number of rotatable bonds is 19. The van der Waals surface area contributed by atoms with Crippen LogP contribution in [-0.4, -0.2) is 204 Å². The Bertz CT molecular complexity index is 5180. The van der Waals surface area contributed by atoms with Crippen molar-refractivity contribution in [1.82, 2.24) is 53.0 Å². The number of fused-ring (bicyclic) bond motifs is 15. The molecule has 6 aromatic carbocycles. The van der Waals surface area contributed by atoms with E-state index in [2.05, 4.69) is 58.3 Å². The van der Waals surface area contributed by atoms with Gasteiger partial charge in [0.1, 0.15) is 101 Å². The number of ether oxygens (including phenoxy) is 6.